The number of alkyl halides is 3. The third-order valence-electron chi connectivity index (χ3n) is 10.2. The van der Waals surface area contributed by atoms with Crippen LogP contribution >= 0.6 is 0 Å². The van der Waals surface area contributed by atoms with E-state index in [2.05, 4.69) is 12.2 Å². The van der Waals surface area contributed by atoms with Crippen LogP contribution in [0.2, 0.25) is 0 Å². The first-order valence-electron chi connectivity index (χ1n) is 12.7. The van der Waals surface area contributed by atoms with Crippen molar-refractivity contribution in [3.8, 4) is 0 Å². The van der Waals surface area contributed by atoms with Crippen molar-refractivity contribution in [2.75, 3.05) is 5.32 Å². The molecule has 2 nitrogen and oxygen atoms in total. The molecule has 1 aromatic carbocycles. The molecule has 5 rings (SSSR count). The number of halogens is 3. The SMILES string of the molecule is C[C@@]1(O)CC[C@H]2[C@H](CC[C@@H]3[C@@H]2CC[C@]2(C)C([C@H](Nc4ccccc4)C(F)(F)F)CC[C@@H]32)C1. The van der Waals surface area contributed by atoms with Crippen LogP contribution < -0.4 is 5.32 Å². The van der Waals surface area contributed by atoms with Gasteiger partial charge in [-0.05, 0) is 118 Å². The number of aliphatic hydroxyl groups is 1. The summed E-state index contributed by atoms with van der Waals surface area (Å²) in [6.07, 6.45) is 4.45. The Kier molecular flexibility index (Phi) is 5.58. The first-order chi connectivity index (χ1) is 15.1. The maximum atomic E-state index is 14.3. The molecule has 0 saturated heterocycles. The molecule has 0 aliphatic heterocycles. The number of nitrogens with one attached hydrogen (secondary N) is 1. The number of para-hydroxylation sites is 1. The van der Waals surface area contributed by atoms with Gasteiger partial charge in [0.25, 0.3) is 0 Å². The molecule has 1 unspecified atom stereocenters. The minimum atomic E-state index is -4.26. The van der Waals surface area contributed by atoms with Crippen LogP contribution in [0.15, 0.2) is 30.3 Å². The molecule has 9 atom stereocenters. The van der Waals surface area contributed by atoms with Crippen LogP contribution in [0.1, 0.15) is 71.6 Å². The molecule has 0 heterocycles. The third kappa shape index (κ3) is 3.86. The fourth-order valence-corrected chi connectivity index (χ4v) is 8.79. The van der Waals surface area contributed by atoms with Crippen LogP contribution in [0.4, 0.5) is 18.9 Å². The summed E-state index contributed by atoms with van der Waals surface area (Å²) in [6.45, 7) is 4.15. The van der Waals surface area contributed by atoms with Gasteiger partial charge < -0.3 is 10.4 Å². The molecule has 4 saturated carbocycles. The molecule has 4 aliphatic rings. The number of rotatable bonds is 3. The molecular weight excluding hydrogens is 411 g/mol. The maximum absolute atomic E-state index is 14.3. The zero-order valence-electron chi connectivity index (χ0n) is 19.4. The molecular formula is C27H38F3NO. The highest BCUT2D eigenvalue weighted by Crippen LogP contribution is 2.65. The number of anilines is 1. The van der Waals surface area contributed by atoms with Gasteiger partial charge in [-0.15, -0.1) is 0 Å². The van der Waals surface area contributed by atoms with Gasteiger partial charge in [-0.1, -0.05) is 25.1 Å². The van der Waals surface area contributed by atoms with E-state index in [1.807, 2.05) is 13.0 Å². The summed E-state index contributed by atoms with van der Waals surface area (Å²) >= 11 is 0. The topological polar surface area (TPSA) is 32.3 Å². The molecule has 32 heavy (non-hydrogen) atoms. The van der Waals surface area contributed by atoms with Crippen molar-refractivity contribution in [1.29, 1.82) is 0 Å². The fraction of sp³-hybridized carbons (Fsp3) is 0.778. The van der Waals surface area contributed by atoms with Gasteiger partial charge in [0.1, 0.15) is 6.04 Å². The molecule has 0 spiro atoms. The van der Waals surface area contributed by atoms with E-state index in [4.69, 9.17) is 0 Å². The predicted molar refractivity (Wildman–Crippen MR) is 121 cm³/mol. The zero-order chi connectivity index (χ0) is 22.7. The average Bonchev–Trinajstić information content (AvgIpc) is 3.07. The number of fused-ring (bicyclic) bond motifs is 5. The Morgan fingerprint density at radius 2 is 1.62 bits per heavy atom. The molecule has 4 aliphatic carbocycles. The summed E-state index contributed by atoms with van der Waals surface area (Å²) in [5.41, 5.74) is -0.222. The maximum Gasteiger partial charge on any atom is 0.408 e. The minimum absolute atomic E-state index is 0.254. The molecule has 4 fully saturated rings. The van der Waals surface area contributed by atoms with E-state index in [-0.39, 0.29) is 11.3 Å². The van der Waals surface area contributed by atoms with Crippen LogP contribution in [0, 0.1) is 40.9 Å². The summed E-state index contributed by atoms with van der Waals surface area (Å²) in [6, 6.07) is 7.41. The molecule has 5 heteroatoms. The molecule has 178 valence electrons. The minimum Gasteiger partial charge on any atom is -0.390 e. The van der Waals surface area contributed by atoms with E-state index in [0.717, 1.165) is 51.4 Å². The smallest absolute Gasteiger partial charge is 0.390 e. The highest BCUT2D eigenvalue weighted by Gasteiger charge is 2.61. The molecule has 0 amide bonds. The Hall–Kier alpha value is -1.23. The molecule has 1 aromatic rings. The van der Waals surface area contributed by atoms with Crippen molar-refractivity contribution in [3.05, 3.63) is 30.3 Å². The largest absolute Gasteiger partial charge is 0.408 e. The van der Waals surface area contributed by atoms with E-state index in [1.165, 1.54) is 0 Å². The number of hydrogen-bond donors (Lipinski definition) is 2. The van der Waals surface area contributed by atoms with Crippen LogP contribution in [-0.2, 0) is 0 Å². The van der Waals surface area contributed by atoms with Crippen molar-refractivity contribution < 1.29 is 18.3 Å². The van der Waals surface area contributed by atoms with E-state index < -0.39 is 17.8 Å². The third-order valence-corrected chi connectivity index (χ3v) is 10.2. The van der Waals surface area contributed by atoms with Gasteiger partial charge in [0.05, 0.1) is 5.60 Å². The Bertz CT molecular complexity index is 809. The lowest BCUT2D eigenvalue weighted by molar-refractivity contribution is -0.169. The second-order valence-corrected chi connectivity index (χ2v) is 11.9. The van der Waals surface area contributed by atoms with Gasteiger partial charge in [0.2, 0.25) is 0 Å². The summed E-state index contributed by atoms with van der Waals surface area (Å²) < 4.78 is 43.0. The van der Waals surface area contributed by atoms with E-state index in [0.29, 0.717) is 41.7 Å². The highest BCUT2D eigenvalue weighted by molar-refractivity contribution is 5.44. The predicted octanol–water partition coefficient (Wildman–Crippen LogP) is 7.05. The Morgan fingerprint density at radius 1 is 0.906 bits per heavy atom. The monoisotopic (exact) mass is 449 g/mol. The van der Waals surface area contributed by atoms with Gasteiger partial charge in [0, 0.05) is 5.69 Å². The lowest BCUT2D eigenvalue weighted by atomic mass is 9.48. The summed E-state index contributed by atoms with van der Waals surface area (Å²) in [7, 11) is 0. The Balaban J connectivity index is 1.37. The number of hydrogen-bond acceptors (Lipinski definition) is 2. The lowest BCUT2D eigenvalue weighted by Crippen LogP contribution is -2.53. The first kappa shape index (κ1) is 22.6. The van der Waals surface area contributed by atoms with Crippen LogP contribution in [-0.4, -0.2) is 22.9 Å². The number of benzene rings is 1. The second-order valence-electron chi connectivity index (χ2n) is 11.9. The van der Waals surface area contributed by atoms with Crippen LogP contribution in [0.3, 0.4) is 0 Å². The van der Waals surface area contributed by atoms with Gasteiger partial charge in [-0.2, -0.15) is 13.2 Å². The summed E-state index contributed by atoms with van der Waals surface area (Å²) in [5, 5.41) is 13.5. The molecule has 2 N–H and O–H groups in total. The average molecular weight is 450 g/mol. The van der Waals surface area contributed by atoms with E-state index in [9.17, 15) is 18.3 Å². The van der Waals surface area contributed by atoms with Crippen LogP contribution in [0.25, 0.3) is 0 Å². The summed E-state index contributed by atoms with van der Waals surface area (Å²) in [4.78, 5) is 0. The highest BCUT2D eigenvalue weighted by atomic mass is 19.4. The Morgan fingerprint density at radius 3 is 2.34 bits per heavy atom. The standard InChI is InChI=1S/C27H38F3NO/c1-25(32)14-12-19-17(16-25)8-9-21-20(19)13-15-26(2)22(21)10-11-23(26)24(27(28,29)30)31-18-6-4-3-5-7-18/h3-7,17,19-24,31-32H,8-16H2,1-2H3/t17-,19+,20-,21-,22+,23?,24+,25-,26+/m1/s1. The van der Waals surface area contributed by atoms with Gasteiger partial charge in [-0.25, -0.2) is 0 Å². The second kappa shape index (κ2) is 7.92. The molecule has 0 radical (unpaired) electrons. The van der Waals surface area contributed by atoms with Gasteiger partial charge >= 0.3 is 6.18 Å². The molecule has 0 aromatic heterocycles. The van der Waals surface area contributed by atoms with E-state index in [1.54, 1.807) is 24.3 Å². The zero-order valence-corrected chi connectivity index (χ0v) is 19.4. The normalized spacial score (nSPS) is 44.8. The molecule has 0 bridgehead atoms. The van der Waals surface area contributed by atoms with Crippen molar-refractivity contribution in [2.45, 2.75) is 89.5 Å². The van der Waals surface area contributed by atoms with Crippen LogP contribution in [0.5, 0.6) is 0 Å². The lowest BCUT2D eigenvalue weighted by Gasteiger charge is -2.57. The van der Waals surface area contributed by atoms with E-state index >= 15 is 0 Å². The van der Waals surface area contributed by atoms with Crippen molar-refractivity contribution >= 4 is 5.69 Å². The van der Waals surface area contributed by atoms with Crippen molar-refractivity contribution in [2.24, 2.45) is 40.9 Å². The van der Waals surface area contributed by atoms with Crippen molar-refractivity contribution in [1.82, 2.24) is 0 Å². The Labute approximate surface area is 190 Å². The van der Waals surface area contributed by atoms with Crippen molar-refractivity contribution in [3.63, 3.8) is 0 Å². The summed E-state index contributed by atoms with van der Waals surface area (Å²) in [5.74, 6) is 2.50. The van der Waals surface area contributed by atoms with Gasteiger partial charge in [-0.3, -0.25) is 0 Å². The first-order valence-corrected chi connectivity index (χ1v) is 12.7. The quantitative estimate of drug-likeness (QED) is 0.518. The van der Waals surface area contributed by atoms with Gasteiger partial charge in [0.15, 0.2) is 0 Å². The fourth-order valence-electron chi connectivity index (χ4n) is 8.79.